The van der Waals surface area contributed by atoms with Gasteiger partial charge in [-0.15, -0.1) is 0 Å². The van der Waals surface area contributed by atoms with E-state index in [1.807, 2.05) is 0 Å². The molecule has 1 aliphatic heterocycles. The van der Waals surface area contributed by atoms with Gasteiger partial charge in [0.05, 0.1) is 11.6 Å². The number of carboxylic acid groups (broad SMARTS) is 1. The fourth-order valence-electron chi connectivity index (χ4n) is 4.02. The molecule has 1 N–H and O–H groups in total. The van der Waals surface area contributed by atoms with Crippen molar-refractivity contribution in [3.8, 4) is 5.75 Å². The second-order valence-corrected chi connectivity index (χ2v) is 9.40. The maximum Gasteiger partial charge on any atom is 0.410 e. The Morgan fingerprint density at radius 1 is 1.22 bits per heavy atom. The Labute approximate surface area is 184 Å². The van der Waals surface area contributed by atoms with Gasteiger partial charge >= 0.3 is 12.1 Å². The summed E-state index contributed by atoms with van der Waals surface area (Å²) < 4.78 is 27.7. The fraction of sp³-hybridized carbons (Fsp3) is 0.522. The van der Waals surface area contributed by atoms with E-state index in [-0.39, 0.29) is 35.4 Å². The van der Waals surface area contributed by atoms with E-state index in [2.05, 4.69) is 0 Å². The third-order valence-electron chi connectivity index (χ3n) is 5.69. The van der Waals surface area contributed by atoms with Crippen LogP contribution in [-0.2, 0) is 4.74 Å². The standard InChI is InChI=1S/C23H27FN2O6/c1-23(2,3)32-22(30)25-8-4-5-14(25)12-31-19-10-18-15(9-17(19)24)20(27)16(21(28)29)11-26(18)13-6-7-13/h9-11,13-14H,4-8,12H2,1-3H3,(H,28,29)/t14-/m0/s1. The van der Waals surface area contributed by atoms with Crippen LogP contribution in [0.5, 0.6) is 5.75 Å². The van der Waals surface area contributed by atoms with E-state index < -0.39 is 28.9 Å². The summed E-state index contributed by atoms with van der Waals surface area (Å²) in [4.78, 5) is 38.1. The number of rotatable bonds is 5. The van der Waals surface area contributed by atoms with Crippen molar-refractivity contribution in [2.75, 3.05) is 13.2 Å². The van der Waals surface area contributed by atoms with Crippen LogP contribution in [0.2, 0.25) is 0 Å². The number of fused-ring (bicyclic) bond motifs is 1. The first kappa shape index (κ1) is 22.1. The molecule has 2 fully saturated rings. The molecule has 8 nitrogen and oxygen atoms in total. The van der Waals surface area contributed by atoms with Crippen LogP contribution in [0.3, 0.4) is 0 Å². The van der Waals surface area contributed by atoms with E-state index in [0.29, 0.717) is 18.5 Å². The van der Waals surface area contributed by atoms with Gasteiger partial charge in [0, 0.05) is 30.2 Å². The summed E-state index contributed by atoms with van der Waals surface area (Å²) >= 11 is 0. The third-order valence-corrected chi connectivity index (χ3v) is 5.69. The van der Waals surface area contributed by atoms with Gasteiger partial charge in [-0.1, -0.05) is 0 Å². The Morgan fingerprint density at radius 3 is 2.56 bits per heavy atom. The number of nitrogens with zero attached hydrogens (tertiary/aromatic N) is 2. The maximum absolute atomic E-state index is 14.8. The lowest BCUT2D eigenvalue weighted by Gasteiger charge is -2.28. The minimum absolute atomic E-state index is 0.0119. The number of benzene rings is 1. The summed E-state index contributed by atoms with van der Waals surface area (Å²) in [5, 5.41) is 9.36. The zero-order chi connectivity index (χ0) is 23.2. The average Bonchev–Trinajstić information content (AvgIpc) is 3.42. The minimum Gasteiger partial charge on any atom is -0.488 e. The van der Waals surface area contributed by atoms with Gasteiger partial charge in [-0.05, 0) is 52.5 Å². The molecular formula is C23H27FN2O6. The van der Waals surface area contributed by atoms with Crippen LogP contribution in [0.4, 0.5) is 9.18 Å². The quantitative estimate of drug-likeness (QED) is 0.747. The SMILES string of the molecule is CC(C)(C)OC(=O)N1CCC[C@H]1COc1cc2c(cc1F)c(=O)c(C(=O)O)cn2C1CC1. The molecule has 0 spiro atoms. The molecule has 1 aromatic heterocycles. The van der Waals surface area contributed by atoms with Gasteiger partial charge in [0.15, 0.2) is 11.6 Å². The predicted octanol–water partition coefficient (Wildman–Crippen LogP) is 3.95. The first-order valence-electron chi connectivity index (χ1n) is 10.8. The molecule has 2 aromatic rings. The smallest absolute Gasteiger partial charge is 0.410 e. The highest BCUT2D eigenvalue weighted by atomic mass is 19.1. The monoisotopic (exact) mass is 446 g/mol. The largest absolute Gasteiger partial charge is 0.488 e. The van der Waals surface area contributed by atoms with Crippen molar-refractivity contribution >= 4 is 23.0 Å². The van der Waals surface area contributed by atoms with Gasteiger partial charge < -0.3 is 24.0 Å². The Morgan fingerprint density at radius 2 is 1.94 bits per heavy atom. The second-order valence-electron chi connectivity index (χ2n) is 9.40. The lowest BCUT2D eigenvalue weighted by Crippen LogP contribution is -2.42. The van der Waals surface area contributed by atoms with Crippen LogP contribution < -0.4 is 10.2 Å². The van der Waals surface area contributed by atoms with Gasteiger partial charge in [0.25, 0.3) is 0 Å². The lowest BCUT2D eigenvalue weighted by atomic mass is 10.1. The molecule has 0 radical (unpaired) electrons. The third kappa shape index (κ3) is 4.42. The van der Waals surface area contributed by atoms with Gasteiger partial charge in [-0.3, -0.25) is 4.79 Å². The average molecular weight is 446 g/mol. The summed E-state index contributed by atoms with van der Waals surface area (Å²) in [6, 6.07) is 2.31. The topological polar surface area (TPSA) is 98.1 Å². The Hall–Kier alpha value is -3.10. The van der Waals surface area contributed by atoms with E-state index in [9.17, 15) is 23.9 Å². The zero-order valence-electron chi connectivity index (χ0n) is 18.4. The Kier molecular flexibility index (Phi) is 5.60. The van der Waals surface area contributed by atoms with E-state index in [1.54, 1.807) is 30.2 Å². The Bertz CT molecular complexity index is 1130. The highest BCUT2D eigenvalue weighted by Gasteiger charge is 2.33. The molecular weight excluding hydrogens is 419 g/mol. The number of carbonyl (C=O) groups is 2. The van der Waals surface area contributed by atoms with Gasteiger partial charge in [0.1, 0.15) is 17.8 Å². The number of aromatic nitrogens is 1. The van der Waals surface area contributed by atoms with E-state index in [1.165, 1.54) is 12.3 Å². The summed E-state index contributed by atoms with van der Waals surface area (Å²) in [7, 11) is 0. The van der Waals surface area contributed by atoms with E-state index in [0.717, 1.165) is 25.3 Å². The molecule has 9 heteroatoms. The van der Waals surface area contributed by atoms with Crippen LogP contribution in [0, 0.1) is 5.82 Å². The van der Waals surface area contributed by atoms with E-state index >= 15 is 0 Å². The molecule has 0 bridgehead atoms. The molecule has 1 amide bonds. The molecule has 2 aliphatic rings. The maximum atomic E-state index is 14.8. The Balaban J connectivity index is 1.60. The van der Waals surface area contributed by atoms with Crippen LogP contribution in [0.15, 0.2) is 23.1 Å². The zero-order valence-corrected chi connectivity index (χ0v) is 18.4. The molecule has 1 saturated carbocycles. The van der Waals surface area contributed by atoms with Crippen molar-refractivity contribution in [1.29, 1.82) is 0 Å². The summed E-state index contributed by atoms with van der Waals surface area (Å²) in [6.07, 6.45) is 4.13. The number of carboxylic acids is 1. The van der Waals surface area contributed by atoms with Crippen LogP contribution in [0.25, 0.3) is 10.9 Å². The normalized spacial score (nSPS) is 18.8. The van der Waals surface area contributed by atoms with Gasteiger partial charge in [0.2, 0.25) is 5.43 Å². The van der Waals surface area contributed by atoms with Gasteiger partial charge in [-0.2, -0.15) is 0 Å². The predicted molar refractivity (Wildman–Crippen MR) is 115 cm³/mol. The first-order valence-corrected chi connectivity index (χ1v) is 10.8. The number of halogens is 1. The highest BCUT2D eigenvalue weighted by molar-refractivity contribution is 5.93. The summed E-state index contributed by atoms with van der Waals surface area (Å²) in [5.41, 5.74) is -1.27. The summed E-state index contributed by atoms with van der Waals surface area (Å²) in [6.45, 7) is 6.02. The number of aromatic carboxylic acids is 1. The van der Waals surface area contributed by atoms with Crippen LogP contribution >= 0.6 is 0 Å². The number of amides is 1. The van der Waals surface area contributed by atoms with Crippen molar-refractivity contribution in [2.45, 2.75) is 64.1 Å². The molecule has 0 unspecified atom stereocenters. The number of hydrogen-bond acceptors (Lipinski definition) is 5. The van der Waals surface area contributed by atoms with E-state index in [4.69, 9.17) is 9.47 Å². The van der Waals surface area contributed by atoms with Crippen molar-refractivity contribution in [3.63, 3.8) is 0 Å². The molecule has 4 rings (SSSR count). The van der Waals surface area contributed by atoms with Gasteiger partial charge in [-0.25, -0.2) is 14.0 Å². The molecule has 32 heavy (non-hydrogen) atoms. The summed E-state index contributed by atoms with van der Waals surface area (Å²) in [5.74, 6) is -2.12. The van der Waals surface area contributed by atoms with Crippen molar-refractivity contribution in [3.05, 3.63) is 39.9 Å². The number of likely N-dealkylation sites (tertiary alicyclic amines) is 1. The number of hydrogen-bond donors (Lipinski definition) is 1. The number of ether oxygens (including phenoxy) is 2. The first-order chi connectivity index (χ1) is 15.0. The second kappa shape index (κ2) is 8.11. The van der Waals surface area contributed by atoms with Crippen molar-refractivity contribution in [2.24, 2.45) is 0 Å². The molecule has 1 saturated heterocycles. The van der Waals surface area contributed by atoms with Crippen LogP contribution in [-0.4, -0.2) is 51.4 Å². The number of carbonyl (C=O) groups excluding carboxylic acids is 1. The molecule has 1 aliphatic carbocycles. The van der Waals surface area contributed by atoms with Crippen molar-refractivity contribution in [1.82, 2.24) is 9.47 Å². The fourth-order valence-corrected chi connectivity index (χ4v) is 4.02. The highest BCUT2D eigenvalue weighted by Crippen LogP contribution is 2.38. The molecule has 172 valence electrons. The number of pyridine rings is 1. The lowest BCUT2D eigenvalue weighted by molar-refractivity contribution is 0.0186. The minimum atomic E-state index is -1.34. The molecule has 2 heterocycles. The molecule has 1 atom stereocenters. The van der Waals surface area contributed by atoms with Crippen LogP contribution in [0.1, 0.15) is 62.9 Å². The van der Waals surface area contributed by atoms with Crippen molar-refractivity contribution < 1.29 is 28.6 Å². The molecule has 1 aromatic carbocycles.